The maximum atomic E-state index is 14.9. The molecule has 13 heteroatoms. The highest BCUT2D eigenvalue weighted by Crippen LogP contribution is 2.71. The summed E-state index contributed by atoms with van der Waals surface area (Å²) < 4.78 is 85.6. The van der Waals surface area contributed by atoms with E-state index < -0.39 is 73.2 Å². The number of hydrogen-bond acceptors (Lipinski definition) is 13. The topological polar surface area (TPSA) is 128 Å². The summed E-state index contributed by atoms with van der Waals surface area (Å²) in [5.41, 5.74) is 6.97. The van der Waals surface area contributed by atoms with Gasteiger partial charge in [0.15, 0.2) is 24.5 Å². The van der Waals surface area contributed by atoms with Crippen molar-refractivity contribution in [2.24, 2.45) is 46.3 Å². The van der Waals surface area contributed by atoms with E-state index in [0.717, 1.165) is 72.9 Å². The highest BCUT2D eigenvalue weighted by molar-refractivity contribution is 5.89. The van der Waals surface area contributed by atoms with Crippen molar-refractivity contribution in [2.45, 2.75) is 205 Å². The second kappa shape index (κ2) is 29.0. The van der Waals surface area contributed by atoms with E-state index in [-0.39, 0.29) is 49.5 Å². The smallest absolute Gasteiger partial charge is 0.338 e. The Balaban J connectivity index is 0.791. The molecule has 1 spiro atoms. The van der Waals surface area contributed by atoms with Gasteiger partial charge in [-0.3, -0.25) is 0 Å². The molecule has 6 aromatic rings. The van der Waals surface area contributed by atoms with E-state index in [9.17, 15) is 4.79 Å². The van der Waals surface area contributed by atoms with Gasteiger partial charge >= 0.3 is 5.97 Å². The van der Waals surface area contributed by atoms with Crippen LogP contribution in [0.2, 0.25) is 0 Å². The fraction of sp³-hybridized carbons (Fsp3) is 0.519. The summed E-state index contributed by atoms with van der Waals surface area (Å²) in [4.78, 5) is 14.9. The normalized spacial score (nSPS) is 36.8. The Kier molecular flexibility index (Phi) is 20.2. The second-order valence-electron chi connectivity index (χ2n) is 28.9. The minimum absolute atomic E-state index is 0.0172. The van der Waals surface area contributed by atoms with Crippen molar-refractivity contribution in [2.75, 3.05) is 13.2 Å². The van der Waals surface area contributed by atoms with Gasteiger partial charge in [-0.15, -0.1) is 0 Å². The van der Waals surface area contributed by atoms with Gasteiger partial charge in [-0.2, -0.15) is 0 Å². The van der Waals surface area contributed by atoms with Crippen LogP contribution in [0.5, 0.6) is 0 Å². The van der Waals surface area contributed by atoms with Crippen molar-refractivity contribution < 1.29 is 61.6 Å². The van der Waals surface area contributed by atoms with Gasteiger partial charge in [0, 0.05) is 12.3 Å². The Morgan fingerprint density at radius 1 is 0.532 bits per heavy atom. The summed E-state index contributed by atoms with van der Waals surface area (Å²) in [6.07, 6.45) is 2.86. The Morgan fingerprint density at radius 3 is 1.64 bits per heavy atom. The molecule has 8 aliphatic rings. The molecule has 4 saturated heterocycles. The van der Waals surface area contributed by atoms with Crippen LogP contribution < -0.4 is 0 Å². The van der Waals surface area contributed by atoms with E-state index in [4.69, 9.17) is 56.8 Å². The first kappa shape index (κ1) is 65.4. The van der Waals surface area contributed by atoms with Crippen LogP contribution in [0.3, 0.4) is 0 Å². The predicted molar refractivity (Wildman–Crippen MR) is 356 cm³/mol. The molecule has 498 valence electrons. The zero-order chi connectivity index (χ0) is 64.2. The lowest BCUT2D eigenvalue weighted by atomic mass is 9.47. The summed E-state index contributed by atoms with van der Waals surface area (Å²) in [5, 5.41) is 0. The highest BCUT2D eigenvalue weighted by Gasteiger charge is 2.69. The maximum Gasteiger partial charge on any atom is 0.338 e. The molecule has 0 unspecified atom stereocenters. The van der Waals surface area contributed by atoms with Crippen LogP contribution >= 0.6 is 0 Å². The predicted octanol–water partition coefficient (Wildman–Crippen LogP) is 15.4. The van der Waals surface area contributed by atoms with Gasteiger partial charge < -0.3 is 56.8 Å². The molecule has 4 aliphatic heterocycles. The van der Waals surface area contributed by atoms with Crippen LogP contribution in [0.1, 0.15) is 131 Å². The van der Waals surface area contributed by atoms with Gasteiger partial charge in [-0.05, 0) is 139 Å². The molecule has 0 aromatic heterocycles. The van der Waals surface area contributed by atoms with Gasteiger partial charge in [0.05, 0.1) is 70.1 Å². The van der Waals surface area contributed by atoms with Crippen LogP contribution in [0, 0.1) is 46.3 Å². The van der Waals surface area contributed by atoms with Gasteiger partial charge in [0.25, 0.3) is 0 Å². The van der Waals surface area contributed by atoms with Crippen molar-refractivity contribution in [1.82, 2.24) is 0 Å². The fourth-order valence-corrected chi connectivity index (χ4v) is 18.1. The molecule has 0 radical (unpaired) electrons. The number of rotatable bonds is 22. The van der Waals surface area contributed by atoms with Crippen LogP contribution in [-0.2, 0) is 89.9 Å². The standard InChI is InChI=1S/C81H96O13/c1-53-38-43-81(88-46-53)54(2)69-67(94-81)45-66-64-37-36-62-44-63(39-41-79(62,4)65(64)40-42-80(66,69)5)90-78-75(92-76(82)61-34-22-11-23-35-61)73(86-50-59-30-18-9-19-31-59)71(68(91-78)52-83-47-56-24-12-6-13-25-56)93-77-74(87-51-60-32-20-10-21-33-60)72(85-49-58-28-16-8-17-29-58)70(55(3)89-77)84-48-57-26-14-7-15-27-57/h6-36,53-55,63-75,77-78H,37-52H2,1-5H3/t53-,54+,55+,63+,64-,65+,66+,67+,68-,69+,70+,71-,72-,73+,74-,75-,77+,78-,79+,80+,81-/m1/s1. The lowest BCUT2D eigenvalue weighted by Gasteiger charge is -2.58. The molecular formula is C81H96O13. The number of ether oxygens (including phenoxy) is 12. The zero-order valence-corrected chi connectivity index (χ0v) is 55.4. The largest absolute Gasteiger partial charge is 0.450 e. The third kappa shape index (κ3) is 13.9. The molecule has 21 atom stereocenters. The molecule has 4 heterocycles. The summed E-state index contributed by atoms with van der Waals surface area (Å²) >= 11 is 0. The van der Waals surface area contributed by atoms with E-state index in [1.165, 1.54) is 24.8 Å². The molecule has 0 N–H and O–H groups in total. The summed E-state index contributed by atoms with van der Waals surface area (Å²) in [7, 11) is 0. The number of hydrogen-bond donors (Lipinski definition) is 0. The minimum Gasteiger partial charge on any atom is -0.450 e. The van der Waals surface area contributed by atoms with Gasteiger partial charge in [-0.25, -0.2) is 4.79 Å². The van der Waals surface area contributed by atoms with Crippen LogP contribution in [0.4, 0.5) is 0 Å². The number of fused-ring (bicyclic) bond motifs is 7. The van der Waals surface area contributed by atoms with Gasteiger partial charge in [-0.1, -0.05) is 209 Å². The Bertz CT molecular complexity index is 3410. The van der Waals surface area contributed by atoms with Crippen molar-refractivity contribution in [3.8, 4) is 0 Å². The zero-order valence-electron chi connectivity index (χ0n) is 55.4. The fourth-order valence-electron chi connectivity index (χ4n) is 18.1. The minimum atomic E-state index is -1.15. The molecule has 7 fully saturated rings. The first-order valence-electron chi connectivity index (χ1n) is 35.0. The number of benzene rings is 6. The summed E-state index contributed by atoms with van der Waals surface area (Å²) in [6, 6.07) is 59.5. The number of carbonyl (C=O) groups is 1. The molecular weight excluding hydrogens is 1180 g/mol. The monoisotopic (exact) mass is 1280 g/mol. The first-order valence-corrected chi connectivity index (χ1v) is 35.0. The lowest BCUT2D eigenvalue weighted by molar-refractivity contribution is -0.373. The average molecular weight is 1280 g/mol. The molecule has 0 amide bonds. The summed E-state index contributed by atoms with van der Waals surface area (Å²) in [5.74, 6) is 2.25. The van der Waals surface area contributed by atoms with Crippen molar-refractivity contribution in [3.05, 3.63) is 227 Å². The van der Waals surface area contributed by atoms with Crippen LogP contribution in [0.25, 0.3) is 0 Å². The molecule has 4 aliphatic carbocycles. The van der Waals surface area contributed by atoms with Crippen molar-refractivity contribution in [1.29, 1.82) is 0 Å². The Hall–Kier alpha value is -5.91. The van der Waals surface area contributed by atoms with E-state index >= 15 is 0 Å². The molecule has 13 nitrogen and oxygen atoms in total. The molecule has 0 bridgehead atoms. The Labute approximate surface area is 556 Å². The van der Waals surface area contributed by atoms with Crippen molar-refractivity contribution in [3.63, 3.8) is 0 Å². The molecule has 94 heavy (non-hydrogen) atoms. The van der Waals surface area contributed by atoms with Gasteiger partial charge in [0.1, 0.15) is 36.6 Å². The molecule has 3 saturated carbocycles. The SMILES string of the molecule is C[C@@H]1CC[C@@]2(OC1)O[C@H]1C[C@H]3[C@@H]4CC=C5C[C@@H](O[C@@H]6O[C@H](COCc7ccccc7)[C@@H](O[C@@H]7O[C@@H](C)[C@H](OCc8ccccc8)[C@@H](OCc8ccccc8)[C@H]7OCc7ccccc7)[C@H](OCc7ccccc7)[C@H]6OC(=O)c6ccccc6)CC[C@]5(C)[C@H]4CC[C@]3(C)[C@H]1[C@@H]2C. The maximum absolute atomic E-state index is 14.9. The average Bonchev–Trinajstić information content (AvgIpc) is 1.49. The number of carbonyl (C=O) groups excluding carboxylic acids is 1. The third-order valence-electron chi connectivity index (χ3n) is 23.0. The quantitative estimate of drug-likeness (QED) is 0.0473. The van der Waals surface area contributed by atoms with Gasteiger partial charge in [0.2, 0.25) is 0 Å². The first-order chi connectivity index (χ1) is 45.9. The Morgan fingerprint density at radius 2 is 1.06 bits per heavy atom. The third-order valence-corrected chi connectivity index (χ3v) is 23.0. The molecule has 6 aromatic carbocycles. The highest BCUT2D eigenvalue weighted by atomic mass is 16.8. The van der Waals surface area contributed by atoms with Crippen molar-refractivity contribution >= 4 is 5.97 Å². The van der Waals surface area contributed by atoms with Crippen LogP contribution in [0.15, 0.2) is 194 Å². The number of allylic oxidation sites excluding steroid dienone is 1. The van der Waals surface area contributed by atoms with E-state index in [1.807, 2.05) is 153 Å². The lowest BCUT2D eigenvalue weighted by Crippen LogP contribution is -2.66. The van der Waals surface area contributed by atoms with Crippen LogP contribution in [-0.4, -0.2) is 98.6 Å². The van der Waals surface area contributed by atoms with E-state index in [0.29, 0.717) is 54.3 Å². The second-order valence-corrected chi connectivity index (χ2v) is 28.9. The van der Waals surface area contributed by atoms with E-state index in [2.05, 4.69) is 58.0 Å². The number of esters is 1. The summed E-state index contributed by atoms with van der Waals surface area (Å²) in [6.45, 7) is 14.0. The molecule has 14 rings (SSSR count). The van der Waals surface area contributed by atoms with E-state index in [1.54, 1.807) is 12.1 Å².